The Hall–Kier alpha value is -2.27. The first-order valence-electron chi connectivity index (χ1n) is 4.90. The van der Waals surface area contributed by atoms with Gasteiger partial charge < -0.3 is 20.0 Å². The maximum absolute atomic E-state index is 12.5. The second-order valence-corrected chi connectivity index (χ2v) is 3.64. The van der Waals surface area contributed by atoms with Crippen LogP contribution >= 0.6 is 0 Å². The smallest absolute Gasteiger partial charge is 0.358 e. The van der Waals surface area contributed by atoms with Gasteiger partial charge in [-0.2, -0.15) is 22.0 Å². The summed E-state index contributed by atoms with van der Waals surface area (Å²) in [6.45, 7) is -2.58. The molecule has 0 aliphatic rings. The molecule has 0 unspecified atom stereocenters. The number of nitrogens with zero attached hydrogens (tertiary/aromatic N) is 3. The Labute approximate surface area is 107 Å². The van der Waals surface area contributed by atoms with Crippen molar-refractivity contribution in [2.24, 2.45) is 0 Å². The summed E-state index contributed by atoms with van der Waals surface area (Å²) in [5, 5.41) is 11.7. The summed E-state index contributed by atoms with van der Waals surface area (Å²) in [5.41, 5.74) is 0. The highest BCUT2D eigenvalue weighted by atomic mass is 19.4. The van der Waals surface area contributed by atoms with Crippen LogP contribution in [-0.4, -0.2) is 39.0 Å². The number of rotatable bonds is 5. The Kier molecular flexibility index (Phi) is 4.25. The second-order valence-electron chi connectivity index (χ2n) is 3.64. The number of nitro groups is 1. The largest absolute Gasteiger partial charge is 0.455 e. The Morgan fingerprint density at radius 3 is 2.45 bits per heavy atom. The summed E-state index contributed by atoms with van der Waals surface area (Å²) in [6, 6.07) is 0. The first kappa shape index (κ1) is 15.8. The van der Waals surface area contributed by atoms with E-state index in [4.69, 9.17) is 0 Å². The number of imidazole rings is 1. The molecule has 112 valence electrons. The van der Waals surface area contributed by atoms with Gasteiger partial charge in [0.2, 0.25) is 12.2 Å². The lowest BCUT2D eigenvalue weighted by molar-refractivity contribution is -0.389. The van der Waals surface area contributed by atoms with Crippen LogP contribution in [0.25, 0.3) is 0 Å². The van der Waals surface area contributed by atoms with E-state index in [1.54, 1.807) is 0 Å². The Morgan fingerprint density at radius 1 is 1.40 bits per heavy atom. The maximum Gasteiger partial charge on any atom is 0.455 e. The van der Waals surface area contributed by atoms with E-state index >= 15 is 0 Å². The minimum atomic E-state index is -5.77. The third-order valence-electron chi connectivity index (χ3n) is 2.06. The zero-order valence-corrected chi connectivity index (χ0v) is 9.53. The fraction of sp³-hybridized carbons (Fsp3) is 0.500. The van der Waals surface area contributed by atoms with E-state index in [1.165, 1.54) is 5.32 Å². The normalized spacial score (nSPS) is 12.2. The van der Waals surface area contributed by atoms with Gasteiger partial charge in [-0.25, -0.2) is 0 Å². The van der Waals surface area contributed by atoms with E-state index in [0.29, 0.717) is 0 Å². The summed E-state index contributed by atoms with van der Waals surface area (Å²) in [5.74, 6) is -6.80. The lowest BCUT2D eigenvalue weighted by Gasteiger charge is -2.19. The van der Waals surface area contributed by atoms with Gasteiger partial charge in [-0.15, -0.1) is 0 Å². The number of amides is 1. The molecule has 20 heavy (non-hydrogen) atoms. The number of alkyl halides is 5. The van der Waals surface area contributed by atoms with E-state index in [0.717, 1.165) is 17.1 Å². The van der Waals surface area contributed by atoms with Gasteiger partial charge in [0.15, 0.2) is 0 Å². The molecule has 7 nitrogen and oxygen atoms in total. The molecular formula is C8H7F5N4O3. The van der Waals surface area contributed by atoms with Crippen LogP contribution in [0.4, 0.5) is 27.8 Å². The fourth-order valence-corrected chi connectivity index (χ4v) is 1.06. The molecule has 0 aliphatic heterocycles. The molecule has 0 atom stereocenters. The van der Waals surface area contributed by atoms with Gasteiger partial charge in [-0.05, 0) is 9.91 Å². The van der Waals surface area contributed by atoms with Crippen LogP contribution < -0.4 is 5.32 Å². The number of carbonyl (C=O) groups is 1. The molecule has 12 heteroatoms. The number of nitrogens with one attached hydrogen (secondary N) is 1. The SMILES string of the molecule is O=C(Cn1cnc([N+](=O)[O-])c1)NCC(F)(F)C(F)(F)F. The summed E-state index contributed by atoms with van der Waals surface area (Å²) < 4.78 is 61.3. The van der Waals surface area contributed by atoms with E-state index in [-0.39, 0.29) is 0 Å². The van der Waals surface area contributed by atoms with Crippen molar-refractivity contribution >= 4 is 11.7 Å². The first-order valence-corrected chi connectivity index (χ1v) is 4.90. The zero-order valence-electron chi connectivity index (χ0n) is 9.53. The Bertz CT molecular complexity index is 512. The summed E-state index contributed by atoms with van der Waals surface area (Å²) in [7, 11) is 0. The van der Waals surface area contributed by atoms with E-state index in [9.17, 15) is 36.9 Å². The third-order valence-corrected chi connectivity index (χ3v) is 2.06. The molecule has 1 heterocycles. The number of carbonyl (C=O) groups excluding carboxylic acids is 1. The van der Waals surface area contributed by atoms with Crippen molar-refractivity contribution in [2.75, 3.05) is 6.54 Å². The molecule has 0 radical (unpaired) electrons. The first-order chi connectivity index (χ1) is 9.03. The maximum atomic E-state index is 12.5. The summed E-state index contributed by atoms with van der Waals surface area (Å²) >= 11 is 0. The highest BCUT2D eigenvalue weighted by Crippen LogP contribution is 2.34. The minimum Gasteiger partial charge on any atom is -0.358 e. The quantitative estimate of drug-likeness (QED) is 0.501. The van der Waals surface area contributed by atoms with Crippen LogP contribution in [0.2, 0.25) is 0 Å². The molecule has 0 spiro atoms. The second kappa shape index (κ2) is 5.38. The van der Waals surface area contributed by atoms with Crippen LogP contribution in [0.3, 0.4) is 0 Å². The van der Waals surface area contributed by atoms with Gasteiger partial charge in [0, 0.05) is 0 Å². The van der Waals surface area contributed by atoms with Crippen molar-refractivity contribution in [3.05, 3.63) is 22.6 Å². The third kappa shape index (κ3) is 3.86. The van der Waals surface area contributed by atoms with Crippen molar-refractivity contribution in [1.82, 2.24) is 14.9 Å². The van der Waals surface area contributed by atoms with E-state index in [1.807, 2.05) is 0 Å². The van der Waals surface area contributed by atoms with Crippen LogP contribution in [0.15, 0.2) is 12.5 Å². The zero-order chi connectivity index (χ0) is 15.6. The highest BCUT2D eigenvalue weighted by Gasteiger charge is 2.57. The molecule has 0 bridgehead atoms. The van der Waals surface area contributed by atoms with Crippen molar-refractivity contribution < 1.29 is 31.7 Å². The molecule has 0 saturated heterocycles. The van der Waals surface area contributed by atoms with Gasteiger partial charge in [-0.1, -0.05) is 0 Å². The lowest BCUT2D eigenvalue weighted by Crippen LogP contribution is -2.47. The van der Waals surface area contributed by atoms with Crippen LogP contribution in [-0.2, 0) is 11.3 Å². The van der Waals surface area contributed by atoms with Gasteiger partial charge in [0.05, 0.1) is 6.54 Å². The highest BCUT2D eigenvalue weighted by molar-refractivity contribution is 5.75. The average molecular weight is 302 g/mol. The molecule has 0 aromatic carbocycles. The lowest BCUT2D eigenvalue weighted by atomic mass is 10.3. The van der Waals surface area contributed by atoms with Crippen LogP contribution in [0, 0.1) is 10.1 Å². The van der Waals surface area contributed by atoms with Gasteiger partial charge in [-0.3, -0.25) is 4.79 Å². The predicted molar refractivity (Wildman–Crippen MR) is 52.9 cm³/mol. The monoisotopic (exact) mass is 302 g/mol. The molecule has 1 amide bonds. The fourth-order valence-electron chi connectivity index (χ4n) is 1.06. The summed E-state index contributed by atoms with van der Waals surface area (Å²) in [6.07, 6.45) is -4.06. The molecule has 0 saturated carbocycles. The van der Waals surface area contributed by atoms with Crippen molar-refractivity contribution in [1.29, 1.82) is 0 Å². The average Bonchev–Trinajstić information content (AvgIpc) is 2.73. The summed E-state index contributed by atoms with van der Waals surface area (Å²) in [4.78, 5) is 23.8. The van der Waals surface area contributed by atoms with Crippen LogP contribution in [0.5, 0.6) is 0 Å². The van der Waals surface area contributed by atoms with Crippen molar-refractivity contribution in [2.45, 2.75) is 18.6 Å². The molecule has 1 rings (SSSR count). The predicted octanol–water partition coefficient (Wildman–Crippen LogP) is 1.11. The Balaban J connectivity index is 2.54. The number of halogens is 5. The van der Waals surface area contributed by atoms with Crippen LogP contribution in [0.1, 0.15) is 0 Å². The van der Waals surface area contributed by atoms with Gasteiger partial charge in [0.25, 0.3) is 0 Å². The molecule has 0 aliphatic carbocycles. The van der Waals surface area contributed by atoms with E-state index < -0.39 is 41.8 Å². The molecule has 1 N–H and O–H groups in total. The van der Waals surface area contributed by atoms with Gasteiger partial charge >= 0.3 is 17.9 Å². The Morgan fingerprint density at radius 2 is 2.00 bits per heavy atom. The van der Waals surface area contributed by atoms with Crippen molar-refractivity contribution in [3.63, 3.8) is 0 Å². The number of hydrogen-bond donors (Lipinski definition) is 1. The molecule has 0 fully saturated rings. The number of hydrogen-bond acceptors (Lipinski definition) is 4. The van der Waals surface area contributed by atoms with Gasteiger partial charge in [0.1, 0.15) is 12.7 Å². The molecule has 1 aromatic rings. The topological polar surface area (TPSA) is 90.1 Å². The molecular weight excluding hydrogens is 295 g/mol. The van der Waals surface area contributed by atoms with Crippen molar-refractivity contribution in [3.8, 4) is 0 Å². The molecule has 1 aromatic heterocycles. The minimum absolute atomic E-state index is 0.585. The van der Waals surface area contributed by atoms with E-state index in [2.05, 4.69) is 4.98 Å². The number of aromatic nitrogens is 2. The standard InChI is InChI=1S/C8H7F5N4O3/c9-7(10,8(11,12)13)3-14-6(18)2-16-1-5(15-4-16)17(19)20/h1,4H,2-3H2,(H,14,18).